The van der Waals surface area contributed by atoms with Gasteiger partial charge in [0.2, 0.25) is 0 Å². The maximum absolute atomic E-state index is 5.49. The molecular formula is C26H27N5O2. The Bertz CT molecular complexity index is 1260. The van der Waals surface area contributed by atoms with Crippen molar-refractivity contribution >= 4 is 16.9 Å². The summed E-state index contributed by atoms with van der Waals surface area (Å²) in [6, 6.07) is 20.6. The van der Waals surface area contributed by atoms with E-state index in [-0.39, 0.29) is 6.04 Å². The summed E-state index contributed by atoms with van der Waals surface area (Å²) < 4.78 is 10.9. The number of pyridine rings is 1. The molecule has 2 aromatic heterocycles. The lowest BCUT2D eigenvalue weighted by atomic mass is 10.0. The third-order valence-corrected chi connectivity index (χ3v) is 6.18. The van der Waals surface area contributed by atoms with Crippen LogP contribution in [0.2, 0.25) is 0 Å². The molecule has 0 aliphatic carbocycles. The number of benzene rings is 2. The summed E-state index contributed by atoms with van der Waals surface area (Å²) in [5.41, 5.74) is 4.68. The Balaban J connectivity index is 1.60. The van der Waals surface area contributed by atoms with Crippen LogP contribution in [-0.4, -0.2) is 60.8 Å². The van der Waals surface area contributed by atoms with Crippen molar-refractivity contribution < 1.29 is 9.47 Å². The van der Waals surface area contributed by atoms with E-state index in [1.807, 2.05) is 30.3 Å². The zero-order chi connectivity index (χ0) is 22.8. The first-order valence-corrected chi connectivity index (χ1v) is 11.0. The second-order valence-corrected chi connectivity index (χ2v) is 8.21. The van der Waals surface area contributed by atoms with Crippen LogP contribution in [-0.2, 0) is 0 Å². The van der Waals surface area contributed by atoms with Gasteiger partial charge in [-0.05, 0) is 42.9 Å². The van der Waals surface area contributed by atoms with E-state index in [1.54, 1.807) is 20.5 Å². The number of rotatable bonds is 5. The predicted molar refractivity (Wildman–Crippen MR) is 130 cm³/mol. The summed E-state index contributed by atoms with van der Waals surface area (Å²) in [5.74, 6) is 2.23. The van der Waals surface area contributed by atoms with Crippen LogP contribution in [0.1, 0.15) is 11.6 Å². The molecule has 1 aliphatic rings. The smallest absolute Gasteiger partial charge is 0.161 e. The molecular weight excluding hydrogens is 414 g/mol. The molecule has 1 unspecified atom stereocenters. The fraction of sp³-hybridized carbons (Fsp3) is 0.269. The average Bonchev–Trinajstić information content (AvgIpc) is 2.88. The van der Waals surface area contributed by atoms with Gasteiger partial charge in [-0.25, -0.2) is 15.0 Å². The largest absolute Gasteiger partial charge is 0.493 e. The number of methoxy groups -OCH3 is 2. The van der Waals surface area contributed by atoms with Gasteiger partial charge in [-0.3, -0.25) is 0 Å². The molecule has 5 rings (SSSR count). The van der Waals surface area contributed by atoms with Crippen molar-refractivity contribution in [2.45, 2.75) is 6.04 Å². The predicted octanol–water partition coefficient (Wildman–Crippen LogP) is 4.20. The minimum absolute atomic E-state index is 0.189. The zero-order valence-corrected chi connectivity index (χ0v) is 19.1. The van der Waals surface area contributed by atoms with Gasteiger partial charge in [-0.2, -0.15) is 0 Å². The highest BCUT2D eigenvalue weighted by Gasteiger charge is 2.29. The molecule has 33 heavy (non-hydrogen) atoms. The van der Waals surface area contributed by atoms with Crippen LogP contribution in [0.5, 0.6) is 11.5 Å². The van der Waals surface area contributed by atoms with Crippen molar-refractivity contribution in [3.05, 3.63) is 72.6 Å². The molecule has 0 spiro atoms. The van der Waals surface area contributed by atoms with E-state index in [4.69, 9.17) is 19.4 Å². The van der Waals surface area contributed by atoms with Crippen molar-refractivity contribution in [1.29, 1.82) is 0 Å². The van der Waals surface area contributed by atoms with Crippen LogP contribution >= 0.6 is 0 Å². The number of hydrogen-bond donors (Lipinski definition) is 0. The Morgan fingerprint density at radius 2 is 1.70 bits per heavy atom. The Hall–Kier alpha value is -3.71. The van der Waals surface area contributed by atoms with E-state index in [9.17, 15) is 0 Å². The third-order valence-electron chi connectivity index (χ3n) is 6.18. The maximum Gasteiger partial charge on any atom is 0.161 e. The van der Waals surface area contributed by atoms with Gasteiger partial charge in [-0.15, -0.1) is 0 Å². The van der Waals surface area contributed by atoms with E-state index in [1.165, 1.54) is 5.56 Å². The molecule has 168 valence electrons. The third kappa shape index (κ3) is 4.07. The van der Waals surface area contributed by atoms with E-state index in [2.05, 4.69) is 52.2 Å². The minimum Gasteiger partial charge on any atom is -0.493 e. The number of anilines is 1. The Morgan fingerprint density at radius 3 is 2.48 bits per heavy atom. The molecule has 1 saturated heterocycles. The molecule has 2 aromatic carbocycles. The normalized spacial score (nSPS) is 16.7. The number of hydrogen-bond acceptors (Lipinski definition) is 7. The lowest BCUT2D eigenvalue weighted by molar-refractivity contribution is 0.268. The molecule has 4 aromatic rings. The number of likely N-dealkylation sites (N-methyl/N-ethyl adjacent to an activating group) is 1. The van der Waals surface area contributed by atoms with Gasteiger partial charge in [0.15, 0.2) is 17.3 Å². The van der Waals surface area contributed by atoms with Crippen molar-refractivity contribution in [3.63, 3.8) is 0 Å². The van der Waals surface area contributed by atoms with Crippen LogP contribution in [0.15, 0.2) is 67.0 Å². The first kappa shape index (κ1) is 21.2. The number of piperazine rings is 1. The fourth-order valence-corrected chi connectivity index (χ4v) is 4.43. The van der Waals surface area contributed by atoms with Gasteiger partial charge in [0.05, 0.1) is 31.5 Å². The second kappa shape index (κ2) is 9.03. The summed E-state index contributed by atoms with van der Waals surface area (Å²) in [6.45, 7) is 2.75. The number of aromatic nitrogens is 3. The fourth-order valence-electron chi connectivity index (χ4n) is 4.43. The Labute approximate surface area is 193 Å². The van der Waals surface area contributed by atoms with Gasteiger partial charge in [0, 0.05) is 25.2 Å². The molecule has 7 heteroatoms. The van der Waals surface area contributed by atoms with Crippen LogP contribution in [0.25, 0.3) is 22.3 Å². The van der Waals surface area contributed by atoms with Crippen molar-refractivity contribution in [3.8, 4) is 22.8 Å². The van der Waals surface area contributed by atoms with Gasteiger partial charge in [0.25, 0.3) is 0 Å². The van der Waals surface area contributed by atoms with Crippen LogP contribution < -0.4 is 14.4 Å². The summed E-state index contributed by atoms with van der Waals surface area (Å²) in [6.07, 6.45) is 1.63. The van der Waals surface area contributed by atoms with Crippen LogP contribution in [0.3, 0.4) is 0 Å². The summed E-state index contributed by atoms with van der Waals surface area (Å²) in [5, 5.41) is 0. The minimum atomic E-state index is 0.189. The highest BCUT2D eigenvalue weighted by atomic mass is 16.5. The Morgan fingerprint density at radius 1 is 0.879 bits per heavy atom. The van der Waals surface area contributed by atoms with Crippen molar-refractivity contribution in [2.24, 2.45) is 0 Å². The van der Waals surface area contributed by atoms with Gasteiger partial charge in [0.1, 0.15) is 11.8 Å². The molecule has 0 bridgehead atoms. The van der Waals surface area contributed by atoms with Crippen LogP contribution in [0.4, 0.5) is 5.82 Å². The standard InChI is InChI=1S/C26H27N5O2/c1-30-13-14-31(22(16-30)18-7-5-4-6-8-18)26-25-21(27-17-28-26)11-10-20(29-25)19-9-12-23(32-2)24(15-19)33-3/h4-12,15,17,22H,13-14,16H2,1-3H3. The quantitative estimate of drug-likeness (QED) is 0.460. The number of ether oxygens (including phenoxy) is 2. The first-order valence-electron chi connectivity index (χ1n) is 11.0. The number of nitrogens with zero attached hydrogens (tertiary/aromatic N) is 5. The van der Waals surface area contributed by atoms with E-state index in [0.29, 0.717) is 11.5 Å². The summed E-state index contributed by atoms with van der Waals surface area (Å²) in [7, 11) is 5.44. The number of fused-ring (bicyclic) bond motifs is 1. The second-order valence-electron chi connectivity index (χ2n) is 8.21. The SMILES string of the molecule is COc1ccc(-c2ccc3ncnc(N4CCN(C)CC4c4ccccc4)c3n2)cc1OC. The monoisotopic (exact) mass is 441 g/mol. The maximum atomic E-state index is 5.49. The van der Waals surface area contributed by atoms with Crippen molar-refractivity contribution in [1.82, 2.24) is 19.9 Å². The topological polar surface area (TPSA) is 63.6 Å². The van der Waals surface area contributed by atoms with E-state index < -0.39 is 0 Å². The molecule has 0 saturated carbocycles. The van der Waals surface area contributed by atoms with Gasteiger partial charge < -0.3 is 19.3 Å². The average molecular weight is 442 g/mol. The van der Waals surface area contributed by atoms with E-state index >= 15 is 0 Å². The van der Waals surface area contributed by atoms with E-state index in [0.717, 1.165) is 47.7 Å². The molecule has 1 fully saturated rings. The van der Waals surface area contributed by atoms with Crippen LogP contribution in [0, 0.1) is 0 Å². The molecule has 3 heterocycles. The zero-order valence-electron chi connectivity index (χ0n) is 19.1. The first-order chi connectivity index (χ1) is 16.2. The lowest BCUT2D eigenvalue weighted by Gasteiger charge is -2.41. The molecule has 0 amide bonds. The lowest BCUT2D eigenvalue weighted by Crippen LogP contribution is -2.47. The van der Waals surface area contributed by atoms with Crippen molar-refractivity contribution in [2.75, 3.05) is 45.8 Å². The molecule has 1 aliphatic heterocycles. The highest BCUT2D eigenvalue weighted by Crippen LogP contribution is 2.35. The van der Waals surface area contributed by atoms with Gasteiger partial charge >= 0.3 is 0 Å². The van der Waals surface area contributed by atoms with Gasteiger partial charge in [-0.1, -0.05) is 30.3 Å². The highest BCUT2D eigenvalue weighted by molar-refractivity contribution is 5.88. The Kier molecular flexibility index (Phi) is 5.79. The molecule has 0 N–H and O–H groups in total. The molecule has 1 atom stereocenters. The summed E-state index contributed by atoms with van der Waals surface area (Å²) >= 11 is 0. The molecule has 7 nitrogen and oxygen atoms in total. The summed E-state index contributed by atoms with van der Waals surface area (Å²) in [4.78, 5) is 19.0. The molecule has 0 radical (unpaired) electrons.